The quantitative estimate of drug-likeness (QED) is 0.535. The molecular formula is C22H22N2O7. The van der Waals surface area contributed by atoms with Crippen LogP contribution < -0.4 is 19.7 Å². The number of amides is 3. The molecule has 1 atom stereocenters. The summed E-state index contributed by atoms with van der Waals surface area (Å²) in [5, 5.41) is 2.64. The summed E-state index contributed by atoms with van der Waals surface area (Å²) in [5.41, 5.74) is 0.826. The Hall–Kier alpha value is -3.88. The average Bonchev–Trinajstić information content (AvgIpc) is 3.11. The van der Waals surface area contributed by atoms with Crippen LogP contribution in [0, 0.1) is 0 Å². The predicted octanol–water partition coefficient (Wildman–Crippen LogP) is 2.54. The Balaban J connectivity index is 1.68. The van der Waals surface area contributed by atoms with Gasteiger partial charge in [0.1, 0.15) is 11.5 Å². The second kappa shape index (κ2) is 9.29. The summed E-state index contributed by atoms with van der Waals surface area (Å²) in [4.78, 5) is 49.9. The van der Waals surface area contributed by atoms with Gasteiger partial charge in [-0.1, -0.05) is 6.07 Å². The fraction of sp³-hybridized carbons (Fsp3) is 0.273. The highest BCUT2D eigenvalue weighted by Crippen LogP contribution is 2.26. The number of anilines is 2. The molecule has 3 amide bonds. The van der Waals surface area contributed by atoms with Gasteiger partial charge in [0.05, 0.1) is 25.5 Å². The molecule has 2 aromatic carbocycles. The van der Waals surface area contributed by atoms with Crippen LogP contribution in [0.25, 0.3) is 0 Å². The fourth-order valence-corrected chi connectivity index (χ4v) is 3.04. The molecule has 0 bridgehead atoms. The molecule has 2 aromatic rings. The van der Waals surface area contributed by atoms with Crippen molar-refractivity contribution in [3.8, 4) is 11.5 Å². The van der Waals surface area contributed by atoms with Crippen molar-refractivity contribution in [1.82, 2.24) is 0 Å². The molecule has 1 N–H and O–H groups in total. The molecule has 3 rings (SSSR count). The first kappa shape index (κ1) is 21.8. The van der Waals surface area contributed by atoms with Crippen LogP contribution in [0.15, 0.2) is 42.5 Å². The maximum absolute atomic E-state index is 12.5. The van der Waals surface area contributed by atoms with Gasteiger partial charge >= 0.3 is 5.97 Å². The third-order valence-electron chi connectivity index (χ3n) is 4.66. The van der Waals surface area contributed by atoms with Crippen LogP contribution in [0.1, 0.15) is 30.1 Å². The topological polar surface area (TPSA) is 111 Å². The number of ether oxygens (including phenoxy) is 3. The summed E-state index contributed by atoms with van der Waals surface area (Å²) in [5.74, 6) is -0.977. The lowest BCUT2D eigenvalue weighted by atomic mass is 10.2. The Bertz CT molecular complexity index is 996. The fourth-order valence-electron chi connectivity index (χ4n) is 3.04. The minimum absolute atomic E-state index is 0.118. The molecule has 1 heterocycles. The van der Waals surface area contributed by atoms with Crippen molar-refractivity contribution in [3.05, 3.63) is 48.0 Å². The van der Waals surface area contributed by atoms with E-state index in [9.17, 15) is 19.2 Å². The van der Waals surface area contributed by atoms with Gasteiger partial charge in [-0.2, -0.15) is 0 Å². The van der Waals surface area contributed by atoms with Crippen LogP contribution in [0.2, 0.25) is 0 Å². The highest BCUT2D eigenvalue weighted by molar-refractivity contribution is 6.20. The lowest BCUT2D eigenvalue weighted by Crippen LogP contribution is -2.30. The van der Waals surface area contributed by atoms with Crippen LogP contribution in [0.3, 0.4) is 0 Å². The zero-order valence-corrected chi connectivity index (χ0v) is 17.3. The van der Waals surface area contributed by atoms with Crippen LogP contribution in [-0.4, -0.2) is 44.0 Å². The first-order valence-corrected chi connectivity index (χ1v) is 9.53. The SMILES string of the molecule is COc1cc(NC(=O)[C@H](C)OC(=O)c2cccc(N3C(=O)CCC3=O)c2)cc(OC)c1. The number of carbonyl (C=O) groups excluding carboxylic acids is 4. The molecule has 162 valence electrons. The smallest absolute Gasteiger partial charge is 0.338 e. The largest absolute Gasteiger partial charge is 0.497 e. The molecule has 0 unspecified atom stereocenters. The monoisotopic (exact) mass is 426 g/mol. The van der Waals surface area contributed by atoms with E-state index in [-0.39, 0.29) is 30.2 Å². The van der Waals surface area contributed by atoms with Crippen molar-refractivity contribution in [3.63, 3.8) is 0 Å². The number of esters is 1. The summed E-state index contributed by atoms with van der Waals surface area (Å²) in [7, 11) is 2.98. The Labute approximate surface area is 178 Å². The van der Waals surface area contributed by atoms with E-state index in [4.69, 9.17) is 14.2 Å². The highest BCUT2D eigenvalue weighted by atomic mass is 16.5. The molecule has 0 saturated carbocycles. The molecule has 31 heavy (non-hydrogen) atoms. The highest BCUT2D eigenvalue weighted by Gasteiger charge is 2.30. The Morgan fingerprint density at radius 1 is 0.968 bits per heavy atom. The molecule has 1 fully saturated rings. The third kappa shape index (κ3) is 5.00. The molecule has 0 aliphatic carbocycles. The average molecular weight is 426 g/mol. The normalized spacial score (nSPS) is 14.2. The van der Waals surface area contributed by atoms with E-state index in [0.29, 0.717) is 22.9 Å². The Morgan fingerprint density at radius 3 is 2.16 bits per heavy atom. The second-order valence-electron chi connectivity index (χ2n) is 6.81. The summed E-state index contributed by atoms with van der Waals surface area (Å²) >= 11 is 0. The number of nitrogens with zero attached hydrogens (tertiary/aromatic N) is 1. The van der Waals surface area contributed by atoms with Crippen molar-refractivity contribution in [2.24, 2.45) is 0 Å². The van der Waals surface area contributed by atoms with E-state index in [1.54, 1.807) is 24.3 Å². The molecule has 1 aliphatic heterocycles. The number of carbonyl (C=O) groups is 4. The van der Waals surface area contributed by atoms with E-state index < -0.39 is 18.0 Å². The Morgan fingerprint density at radius 2 is 1.58 bits per heavy atom. The Kier molecular flexibility index (Phi) is 6.54. The first-order valence-electron chi connectivity index (χ1n) is 9.53. The van der Waals surface area contributed by atoms with Gasteiger partial charge in [0.15, 0.2) is 6.10 Å². The molecule has 1 saturated heterocycles. The van der Waals surface area contributed by atoms with Crippen molar-refractivity contribution < 1.29 is 33.4 Å². The van der Waals surface area contributed by atoms with Gasteiger partial charge in [0, 0.05) is 36.7 Å². The van der Waals surface area contributed by atoms with Crippen LogP contribution >= 0.6 is 0 Å². The summed E-state index contributed by atoms with van der Waals surface area (Å²) in [6.07, 6.45) is -0.831. The van der Waals surface area contributed by atoms with E-state index in [1.807, 2.05) is 0 Å². The number of hydrogen-bond donors (Lipinski definition) is 1. The number of imide groups is 1. The molecule has 9 nitrogen and oxygen atoms in total. The van der Waals surface area contributed by atoms with Gasteiger partial charge in [0.25, 0.3) is 5.91 Å². The molecule has 0 spiro atoms. The van der Waals surface area contributed by atoms with Gasteiger partial charge in [0.2, 0.25) is 11.8 Å². The number of rotatable bonds is 7. The van der Waals surface area contributed by atoms with Gasteiger partial charge in [-0.25, -0.2) is 4.79 Å². The minimum atomic E-state index is -1.11. The maximum Gasteiger partial charge on any atom is 0.338 e. The maximum atomic E-state index is 12.5. The van der Waals surface area contributed by atoms with E-state index >= 15 is 0 Å². The van der Waals surface area contributed by atoms with Crippen LogP contribution in [0.4, 0.5) is 11.4 Å². The zero-order valence-electron chi connectivity index (χ0n) is 17.3. The molecule has 0 radical (unpaired) electrons. The van der Waals surface area contributed by atoms with E-state index in [1.165, 1.54) is 39.3 Å². The van der Waals surface area contributed by atoms with Crippen molar-refractivity contribution in [2.45, 2.75) is 25.9 Å². The number of hydrogen-bond acceptors (Lipinski definition) is 7. The lowest BCUT2D eigenvalue weighted by molar-refractivity contribution is -0.124. The standard InChI is InChI=1S/C22H22N2O7/c1-13(21(27)23-15-10-17(29-2)12-18(11-15)30-3)31-22(28)14-5-4-6-16(9-14)24-19(25)7-8-20(24)26/h4-6,9-13H,7-8H2,1-3H3,(H,23,27)/t13-/m0/s1. The third-order valence-corrected chi connectivity index (χ3v) is 4.66. The minimum Gasteiger partial charge on any atom is -0.497 e. The molecular weight excluding hydrogens is 404 g/mol. The van der Waals surface area contributed by atoms with Gasteiger partial charge in [-0.15, -0.1) is 0 Å². The number of methoxy groups -OCH3 is 2. The zero-order chi connectivity index (χ0) is 22.5. The lowest BCUT2D eigenvalue weighted by Gasteiger charge is -2.16. The summed E-state index contributed by atoms with van der Waals surface area (Å²) in [6.45, 7) is 1.43. The summed E-state index contributed by atoms with van der Waals surface area (Å²) < 4.78 is 15.6. The van der Waals surface area contributed by atoms with Crippen LogP contribution in [-0.2, 0) is 19.1 Å². The second-order valence-corrected chi connectivity index (χ2v) is 6.81. The molecule has 1 aliphatic rings. The van der Waals surface area contributed by atoms with Crippen molar-refractivity contribution >= 4 is 35.1 Å². The summed E-state index contributed by atoms with van der Waals surface area (Å²) in [6, 6.07) is 10.8. The van der Waals surface area contributed by atoms with Gasteiger partial charge in [-0.05, 0) is 25.1 Å². The molecule has 0 aromatic heterocycles. The predicted molar refractivity (Wildman–Crippen MR) is 111 cm³/mol. The number of nitrogens with one attached hydrogen (secondary N) is 1. The van der Waals surface area contributed by atoms with Crippen molar-refractivity contribution in [2.75, 3.05) is 24.4 Å². The van der Waals surface area contributed by atoms with Crippen LogP contribution in [0.5, 0.6) is 11.5 Å². The van der Waals surface area contributed by atoms with Gasteiger partial charge in [-0.3, -0.25) is 19.3 Å². The van der Waals surface area contributed by atoms with E-state index in [0.717, 1.165) is 4.90 Å². The number of benzene rings is 2. The van der Waals surface area contributed by atoms with Gasteiger partial charge < -0.3 is 19.5 Å². The van der Waals surface area contributed by atoms with Crippen molar-refractivity contribution in [1.29, 1.82) is 0 Å². The molecule has 9 heteroatoms. The van der Waals surface area contributed by atoms with E-state index in [2.05, 4.69) is 5.32 Å². The first-order chi connectivity index (χ1) is 14.8.